The van der Waals surface area contributed by atoms with Crippen molar-refractivity contribution in [1.82, 2.24) is 0 Å². The second-order valence-electron chi connectivity index (χ2n) is 12.0. The van der Waals surface area contributed by atoms with Crippen LogP contribution in [0, 0.1) is 28.1 Å². The molecule has 0 aromatic rings. The second-order valence-corrected chi connectivity index (χ2v) is 12.0. The van der Waals surface area contributed by atoms with Gasteiger partial charge in [0.1, 0.15) is 6.10 Å². The lowest BCUT2D eigenvalue weighted by molar-refractivity contribution is -0.378. The third kappa shape index (κ3) is 2.62. The minimum atomic E-state index is -0.887. The Hall–Kier alpha value is -0.950. The lowest BCUT2D eigenvalue weighted by atomic mass is 9.39. The molecule has 0 amide bonds. The highest BCUT2D eigenvalue weighted by Crippen LogP contribution is 2.75. The fourth-order valence-electron chi connectivity index (χ4n) is 8.85. The van der Waals surface area contributed by atoms with Gasteiger partial charge in [-0.3, -0.25) is 4.79 Å². The molecule has 2 N–H and O–H groups in total. The lowest BCUT2D eigenvalue weighted by Gasteiger charge is -2.69. The first-order valence-electron chi connectivity index (χ1n) is 11.9. The molecule has 5 aliphatic rings. The number of rotatable bonds is 2. The van der Waals surface area contributed by atoms with Crippen LogP contribution in [-0.4, -0.2) is 52.5 Å². The number of carbonyl (C=O) groups excluding carboxylic acids is 1. The number of carbonyl (C=O) groups is 1. The topological polar surface area (TPSA) is 85.2 Å². The van der Waals surface area contributed by atoms with Gasteiger partial charge in [0.25, 0.3) is 0 Å². The first-order valence-corrected chi connectivity index (χ1v) is 11.9. The van der Waals surface area contributed by atoms with E-state index in [1.807, 2.05) is 13.8 Å². The zero-order valence-corrected chi connectivity index (χ0v) is 19.6. The number of aliphatic hydroxyl groups excluding tert-OH is 1. The van der Waals surface area contributed by atoms with E-state index in [1.54, 1.807) is 0 Å². The first kappa shape index (κ1) is 21.9. The number of aliphatic hydroxyl groups is 2. The molecule has 1 aliphatic heterocycles. The summed E-state index contributed by atoms with van der Waals surface area (Å²) in [6, 6.07) is 0. The van der Waals surface area contributed by atoms with Gasteiger partial charge in [-0.15, -0.1) is 0 Å². The van der Waals surface area contributed by atoms with Crippen molar-refractivity contribution in [1.29, 1.82) is 0 Å². The smallest absolute Gasteiger partial charge is 0.302 e. The van der Waals surface area contributed by atoms with Gasteiger partial charge in [0.15, 0.2) is 5.79 Å². The molecule has 0 aromatic carbocycles. The van der Waals surface area contributed by atoms with E-state index in [0.29, 0.717) is 12.8 Å². The Kier molecular flexibility index (Phi) is 4.47. The standard InChI is InChI=1S/C25H38O6/c1-14-20-25-12-24(14,28)10-7-16(25)22(5)9-8-18(29-15(2)27)23(6,13-26)17(22)11-19(25)30-21(3,4)31-20/h16-20,26,28H,1,7-13H2,2-6H3/t16-,17-,18+,19-,20-,22-,23+,24-,25+/m0/s1. The fraction of sp³-hybridized carbons (Fsp3) is 0.880. The molecule has 4 aliphatic carbocycles. The van der Waals surface area contributed by atoms with Gasteiger partial charge in [-0.2, -0.15) is 0 Å². The van der Waals surface area contributed by atoms with Crippen LogP contribution in [-0.2, 0) is 19.0 Å². The maximum atomic E-state index is 11.8. The zero-order chi connectivity index (χ0) is 22.6. The fourth-order valence-corrected chi connectivity index (χ4v) is 8.85. The summed E-state index contributed by atoms with van der Waals surface area (Å²) in [5.74, 6) is -0.638. The summed E-state index contributed by atoms with van der Waals surface area (Å²) >= 11 is 0. The minimum absolute atomic E-state index is 0.0301. The van der Waals surface area contributed by atoms with Crippen LogP contribution < -0.4 is 0 Å². The second kappa shape index (κ2) is 6.34. The molecule has 6 nitrogen and oxygen atoms in total. The normalized spacial score (nSPS) is 54.7. The third-order valence-electron chi connectivity index (χ3n) is 10.1. The minimum Gasteiger partial charge on any atom is -0.462 e. The summed E-state index contributed by atoms with van der Waals surface area (Å²) in [6.07, 6.45) is 4.02. The van der Waals surface area contributed by atoms with Crippen molar-refractivity contribution in [3.05, 3.63) is 12.2 Å². The van der Waals surface area contributed by atoms with Gasteiger partial charge in [-0.25, -0.2) is 0 Å². The van der Waals surface area contributed by atoms with Crippen LogP contribution in [0.2, 0.25) is 0 Å². The van der Waals surface area contributed by atoms with Crippen molar-refractivity contribution >= 4 is 5.97 Å². The Morgan fingerprint density at radius 1 is 1.16 bits per heavy atom. The highest BCUT2D eigenvalue weighted by atomic mass is 16.7. The molecule has 31 heavy (non-hydrogen) atoms. The van der Waals surface area contributed by atoms with Crippen LogP contribution in [0.5, 0.6) is 0 Å². The number of fused-ring (bicyclic) bond motifs is 3. The Morgan fingerprint density at radius 3 is 2.52 bits per heavy atom. The highest BCUT2D eigenvalue weighted by Gasteiger charge is 2.76. The Labute approximate surface area is 185 Å². The van der Waals surface area contributed by atoms with Crippen LogP contribution in [0.25, 0.3) is 0 Å². The maximum Gasteiger partial charge on any atom is 0.302 e. The molecule has 0 unspecified atom stereocenters. The number of ether oxygens (including phenoxy) is 3. The van der Waals surface area contributed by atoms with Gasteiger partial charge in [0.05, 0.1) is 24.4 Å². The summed E-state index contributed by atoms with van der Waals surface area (Å²) < 4.78 is 18.9. The average molecular weight is 435 g/mol. The van der Waals surface area contributed by atoms with Crippen LogP contribution in [0.15, 0.2) is 12.2 Å². The number of hydrogen-bond donors (Lipinski definition) is 2. The molecule has 9 atom stereocenters. The van der Waals surface area contributed by atoms with Gasteiger partial charge in [0.2, 0.25) is 0 Å². The molecule has 6 heteroatoms. The van der Waals surface area contributed by atoms with Gasteiger partial charge < -0.3 is 24.4 Å². The van der Waals surface area contributed by atoms with Gasteiger partial charge in [0, 0.05) is 17.8 Å². The van der Waals surface area contributed by atoms with Crippen molar-refractivity contribution in [2.45, 2.75) is 103 Å². The van der Waals surface area contributed by atoms with E-state index < -0.39 is 16.8 Å². The van der Waals surface area contributed by atoms with Gasteiger partial charge in [-0.05, 0) is 75.2 Å². The zero-order valence-electron chi connectivity index (χ0n) is 19.6. The Balaban J connectivity index is 1.63. The number of hydrogen-bond acceptors (Lipinski definition) is 6. The summed E-state index contributed by atoms with van der Waals surface area (Å²) in [4.78, 5) is 11.8. The molecule has 0 radical (unpaired) electrons. The Bertz CT molecular complexity index is 823. The predicted molar refractivity (Wildman–Crippen MR) is 114 cm³/mol. The van der Waals surface area contributed by atoms with Crippen molar-refractivity contribution < 1.29 is 29.2 Å². The number of esters is 1. The summed E-state index contributed by atoms with van der Waals surface area (Å²) in [6.45, 7) is 14.1. The summed E-state index contributed by atoms with van der Waals surface area (Å²) in [7, 11) is 0. The van der Waals surface area contributed by atoms with Crippen LogP contribution >= 0.6 is 0 Å². The molecule has 4 saturated carbocycles. The highest BCUT2D eigenvalue weighted by molar-refractivity contribution is 5.66. The summed E-state index contributed by atoms with van der Waals surface area (Å²) in [5, 5.41) is 22.1. The molecule has 1 heterocycles. The average Bonchev–Trinajstić information content (AvgIpc) is 2.84. The molecular weight excluding hydrogens is 396 g/mol. The van der Waals surface area contributed by atoms with Crippen molar-refractivity contribution in [3.63, 3.8) is 0 Å². The molecule has 5 fully saturated rings. The largest absolute Gasteiger partial charge is 0.462 e. The molecule has 2 bridgehead atoms. The van der Waals surface area contributed by atoms with E-state index in [0.717, 1.165) is 31.3 Å². The van der Waals surface area contributed by atoms with Gasteiger partial charge in [-0.1, -0.05) is 20.4 Å². The van der Waals surface area contributed by atoms with Crippen molar-refractivity contribution in [2.75, 3.05) is 6.61 Å². The third-order valence-corrected chi connectivity index (χ3v) is 10.1. The monoisotopic (exact) mass is 434 g/mol. The Morgan fingerprint density at radius 2 is 1.87 bits per heavy atom. The van der Waals surface area contributed by atoms with E-state index >= 15 is 0 Å². The molecule has 1 spiro atoms. The van der Waals surface area contributed by atoms with E-state index in [-0.39, 0.29) is 53.6 Å². The van der Waals surface area contributed by atoms with Crippen LogP contribution in [0.4, 0.5) is 0 Å². The van der Waals surface area contributed by atoms with Crippen molar-refractivity contribution in [2.24, 2.45) is 28.1 Å². The summed E-state index contributed by atoms with van der Waals surface area (Å²) in [5.41, 5.74) is -0.970. The van der Waals surface area contributed by atoms with Crippen LogP contribution in [0.3, 0.4) is 0 Å². The first-order chi connectivity index (χ1) is 14.3. The van der Waals surface area contributed by atoms with Crippen LogP contribution in [0.1, 0.15) is 73.1 Å². The van der Waals surface area contributed by atoms with E-state index in [9.17, 15) is 15.0 Å². The van der Waals surface area contributed by atoms with Gasteiger partial charge >= 0.3 is 5.97 Å². The molecular formula is C25H38O6. The molecule has 0 aromatic heterocycles. The van der Waals surface area contributed by atoms with E-state index in [2.05, 4.69) is 20.4 Å². The van der Waals surface area contributed by atoms with E-state index in [4.69, 9.17) is 14.2 Å². The van der Waals surface area contributed by atoms with E-state index in [1.165, 1.54) is 6.92 Å². The quantitative estimate of drug-likeness (QED) is 0.512. The lowest BCUT2D eigenvalue weighted by Crippen LogP contribution is -2.71. The predicted octanol–water partition coefficient (Wildman–Crippen LogP) is 3.34. The molecule has 174 valence electrons. The maximum absolute atomic E-state index is 11.8. The SMILES string of the molecule is C=C1[C@@H]2OC(C)(C)O[C@H]3C[C@@H]4[C@@](C)(CO)[C@H](OC(C)=O)CC[C@@]4(C)[C@@H]4CC[C@]1(O)C[C@@]324. The molecule has 1 saturated heterocycles. The van der Waals surface area contributed by atoms with Crippen molar-refractivity contribution in [3.8, 4) is 0 Å². The molecule has 5 rings (SSSR count).